The van der Waals surface area contributed by atoms with Crippen molar-refractivity contribution in [3.63, 3.8) is 0 Å². The van der Waals surface area contributed by atoms with E-state index in [1.807, 2.05) is 72.8 Å². The standard InChI is InChI=1S/C51H32N4O/c1-5-14-33(15-6-1)37-24-28-44-42(30-37)43-31-38(34-16-7-2-8-17-34)25-29-45(43)55(44)39-26-27-40-47(32-39)56-46-23-13-22-41(48(40)46)51-53-49(35-18-9-3-10-19-35)52-50(54-51)36-20-11-4-12-21-36/h1-32H. The average molecular weight is 717 g/mol. The topological polar surface area (TPSA) is 56.7 Å². The first-order valence-electron chi connectivity index (χ1n) is 18.8. The van der Waals surface area contributed by atoms with Crippen LogP contribution >= 0.6 is 0 Å². The van der Waals surface area contributed by atoms with Crippen LogP contribution in [-0.4, -0.2) is 19.5 Å². The quantitative estimate of drug-likeness (QED) is 0.172. The molecule has 3 heterocycles. The van der Waals surface area contributed by atoms with Crippen molar-refractivity contribution in [2.24, 2.45) is 0 Å². The zero-order chi connectivity index (χ0) is 37.0. The third kappa shape index (κ3) is 5.37. The van der Waals surface area contributed by atoms with Crippen LogP contribution in [0.1, 0.15) is 0 Å². The second kappa shape index (κ2) is 13.0. The van der Waals surface area contributed by atoms with Gasteiger partial charge in [0.15, 0.2) is 17.5 Å². The van der Waals surface area contributed by atoms with Crippen LogP contribution in [0.25, 0.3) is 106 Å². The van der Waals surface area contributed by atoms with Crippen LogP contribution in [0.5, 0.6) is 0 Å². The second-order valence-electron chi connectivity index (χ2n) is 14.0. The van der Waals surface area contributed by atoms with Gasteiger partial charge in [-0.3, -0.25) is 0 Å². The van der Waals surface area contributed by atoms with Crippen LogP contribution in [0.3, 0.4) is 0 Å². The zero-order valence-electron chi connectivity index (χ0n) is 30.2. The minimum Gasteiger partial charge on any atom is -0.456 e. The molecule has 0 amide bonds. The fourth-order valence-corrected chi connectivity index (χ4v) is 7.99. The number of furan rings is 1. The van der Waals surface area contributed by atoms with Gasteiger partial charge >= 0.3 is 0 Å². The van der Waals surface area contributed by atoms with Crippen LogP contribution in [-0.2, 0) is 0 Å². The predicted molar refractivity (Wildman–Crippen MR) is 229 cm³/mol. The summed E-state index contributed by atoms with van der Waals surface area (Å²) in [5.74, 6) is 1.85. The lowest BCUT2D eigenvalue weighted by Gasteiger charge is -2.10. The van der Waals surface area contributed by atoms with E-state index in [0.29, 0.717) is 17.5 Å². The fraction of sp³-hybridized carbons (Fsp3) is 0. The summed E-state index contributed by atoms with van der Waals surface area (Å²) in [4.78, 5) is 15.0. The molecule has 0 atom stereocenters. The smallest absolute Gasteiger partial charge is 0.164 e. The van der Waals surface area contributed by atoms with Crippen molar-refractivity contribution in [3.8, 4) is 62.1 Å². The summed E-state index contributed by atoms with van der Waals surface area (Å²) in [5, 5.41) is 4.37. The van der Waals surface area contributed by atoms with Gasteiger partial charge in [0.05, 0.1) is 11.0 Å². The van der Waals surface area contributed by atoms with Gasteiger partial charge in [-0.15, -0.1) is 0 Å². The van der Waals surface area contributed by atoms with Gasteiger partial charge in [-0.05, 0) is 64.7 Å². The molecule has 0 bridgehead atoms. The van der Waals surface area contributed by atoms with Gasteiger partial charge < -0.3 is 8.98 Å². The molecule has 5 heteroatoms. The molecule has 0 spiro atoms. The fourth-order valence-electron chi connectivity index (χ4n) is 7.99. The van der Waals surface area contributed by atoms with Crippen molar-refractivity contribution in [2.75, 3.05) is 0 Å². The first-order chi connectivity index (χ1) is 27.7. The zero-order valence-corrected chi connectivity index (χ0v) is 30.2. The number of benzene rings is 8. The van der Waals surface area contributed by atoms with Crippen molar-refractivity contribution in [3.05, 3.63) is 194 Å². The molecule has 11 aromatic rings. The van der Waals surface area contributed by atoms with E-state index in [2.05, 4.69) is 126 Å². The van der Waals surface area contributed by atoms with Gasteiger partial charge in [0, 0.05) is 50.0 Å². The SMILES string of the molecule is c1ccc(-c2ccc3c(c2)c2cc(-c4ccccc4)ccc2n3-c2ccc3c(c2)oc2cccc(-c4nc(-c5ccccc5)nc(-c5ccccc5)n4)c23)cc1. The molecule has 0 N–H and O–H groups in total. The molecule has 3 aromatic heterocycles. The van der Waals surface area contributed by atoms with E-state index in [4.69, 9.17) is 19.4 Å². The van der Waals surface area contributed by atoms with Gasteiger partial charge in [-0.2, -0.15) is 0 Å². The maximum atomic E-state index is 6.68. The van der Waals surface area contributed by atoms with Crippen LogP contribution in [0.4, 0.5) is 0 Å². The largest absolute Gasteiger partial charge is 0.456 e. The van der Waals surface area contributed by atoms with Crippen molar-refractivity contribution >= 4 is 43.7 Å². The molecule has 0 unspecified atom stereocenters. The minimum atomic E-state index is 0.598. The maximum absolute atomic E-state index is 6.68. The summed E-state index contributed by atoms with van der Waals surface area (Å²) < 4.78 is 9.03. The van der Waals surface area contributed by atoms with Crippen molar-refractivity contribution in [2.45, 2.75) is 0 Å². The third-order valence-corrected chi connectivity index (χ3v) is 10.7. The Morgan fingerprint density at radius 1 is 0.339 bits per heavy atom. The van der Waals surface area contributed by atoms with Gasteiger partial charge in [-0.25, -0.2) is 15.0 Å². The predicted octanol–water partition coefficient (Wildman–Crippen LogP) is 13.2. The Balaban J connectivity index is 1.10. The van der Waals surface area contributed by atoms with Crippen molar-refractivity contribution < 1.29 is 4.42 Å². The van der Waals surface area contributed by atoms with Crippen molar-refractivity contribution in [1.29, 1.82) is 0 Å². The van der Waals surface area contributed by atoms with Crippen LogP contribution in [0.15, 0.2) is 199 Å². The van der Waals surface area contributed by atoms with E-state index in [0.717, 1.165) is 55.3 Å². The Labute approximate surface area is 322 Å². The molecule has 0 aliphatic heterocycles. The molecule has 0 radical (unpaired) electrons. The summed E-state index contributed by atoms with van der Waals surface area (Å²) in [6.07, 6.45) is 0. The third-order valence-electron chi connectivity index (χ3n) is 10.7. The monoisotopic (exact) mass is 716 g/mol. The van der Waals surface area contributed by atoms with Gasteiger partial charge in [0.2, 0.25) is 0 Å². The van der Waals surface area contributed by atoms with E-state index in [-0.39, 0.29) is 0 Å². The number of rotatable bonds is 6. The number of hydrogen-bond acceptors (Lipinski definition) is 4. The lowest BCUT2D eigenvalue weighted by Crippen LogP contribution is -2.00. The molecule has 0 aliphatic rings. The van der Waals surface area contributed by atoms with Crippen LogP contribution in [0, 0.1) is 0 Å². The number of hydrogen-bond donors (Lipinski definition) is 0. The molecule has 0 saturated carbocycles. The summed E-state index contributed by atoms with van der Waals surface area (Å²) in [7, 11) is 0. The molecule has 0 aliphatic carbocycles. The summed E-state index contributed by atoms with van der Waals surface area (Å²) in [6, 6.07) is 67.5. The highest BCUT2D eigenvalue weighted by Gasteiger charge is 2.20. The molecular formula is C51H32N4O. The van der Waals surface area contributed by atoms with Gasteiger partial charge in [0.25, 0.3) is 0 Å². The highest BCUT2D eigenvalue weighted by atomic mass is 16.3. The molecule has 0 fully saturated rings. The van der Waals surface area contributed by atoms with E-state index in [1.165, 1.54) is 33.0 Å². The number of fused-ring (bicyclic) bond motifs is 6. The molecule has 0 saturated heterocycles. The van der Waals surface area contributed by atoms with Crippen molar-refractivity contribution in [1.82, 2.24) is 19.5 Å². The average Bonchev–Trinajstić information content (AvgIpc) is 3.82. The lowest BCUT2D eigenvalue weighted by molar-refractivity contribution is 0.668. The summed E-state index contributed by atoms with van der Waals surface area (Å²) >= 11 is 0. The lowest BCUT2D eigenvalue weighted by atomic mass is 10.0. The summed E-state index contributed by atoms with van der Waals surface area (Å²) in [6.45, 7) is 0. The van der Waals surface area contributed by atoms with E-state index >= 15 is 0 Å². The molecule has 262 valence electrons. The minimum absolute atomic E-state index is 0.598. The van der Waals surface area contributed by atoms with E-state index < -0.39 is 0 Å². The molecular weight excluding hydrogens is 685 g/mol. The molecule has 11 rings (SSSR count). The second-order valence-corrected chi connectivity index (χ2v) is 14.0. The Hall–Kier alpha value is -7.63. The van der Waals surface area contributed by atoms with Crippen LogP contribution < -0.4 is 0 Å². The molecule has 5 nitrogen and oxygen atoms in total. The Kier molecular flexibility index (Phi) is 7.42. The highest BCUT2D eigenvalue weighted by Crippen LogP contribution is 2.41. The Morgan fingerprint density at radius 3 is 1.38 bits per heavy atom. The van der Waals surface area contributed by atoms with Gasteiger partial charge in [-0.1, -0.05) is 146 Å². The first-order valence-corrected chi connectivity index (χ1v) is 18.8. The van der Waals surface area contributed by atoms with Gasteiger partial charge in [0.1, 0.15) is 11.2 Å². The van der Waals surface area contributed by atoms with E-state index in [1.54, 1.807) is 0 Å². The van der Waals surface area contributed by atoms with Crippen LogP contribution in [0.2, 0.25) is 0 Å². The first kappa shape index (κ1) is 31.9. The Bertz CT molecular complexity index is 3070. The number of aromatic nitrogens is 4. The maximum Gasteiger partial charge on any atom is 0.164 e. The Morgan fingerprint density at radius 2 is 0.839 bits per heavy atom. The summed E-state index contributed by atoms with van der Waals surface area (Å²) in [5.41, 5.74) is 12.4. The molecule has 56 heavy (non-hydrogen) atoms. The molecule has 8 aromatic carbocycles. The number of nitrogens with zero attached hydrogens (tertiary/aromatic N) is 4. The highest BCUT2D eigenvalue weighted by molar-refractivity contribution is 6.14. The normalized spacial score (nSPS) is 11.6. The van der Waals surface area contributed by atoms with E-state index in [9.17, 15) is 0 Å².